The summed E-state index contributed by atoms with van der Waals surface area (Å²) in [6.07, 6.45) is 10.7. The molecule has 0 radical (unpaired) electrons. The van der Waals surface area contributed by atoms with Crippen LogP contribution in [-0.4, -0.2) is 79.3 Å². The highest BCUT2D eigenvalue weighted by Gasteiger charge is 2.27. The average Bonchev–Trinajstić information content (AvgIpc) is 3.27. The molecule has 3 aliphatic heterocycles. The number of ether oxygens (including phenoxy) is 2. The van der Waals surface area contributed by atoms with Crippen LogP contribution >= 0.6 is 11.3 Å². The summed E-state index contributed by atoms with van der Waals surface area (Å²) in [6.45, 7) is 5.63. The predicted molar refractivity (Wildman–Crippen MR) is 131 cm³/mol. The number of aliphatic hydroxyl groups excluding tert-OH is 1. The Morgan fingerprint density at radius 1 is 1.21 bits per heavy atom. The van der Waals surface area contributed by atoms with Crippen LogP contribution in [0.2, 0.25) is 0 Å². The highest BCUT2D eigenvalue weighted by atomic mass is 32.1. The van der Waals surface area contributed by atoms with Crippen molar-refractivity contribution < 1.29 is 24.2 Å². The zero-order valence-corrected chi connectivity index (χ0v) is 19.8. The van der Waals surface area contributed by atoms with Gasteiger partial charge in [0, 0.05) is 56.6 Å². The Balaban J connectivity index is 1.47. The van der Waals surface area contributed by atoms with E-state index in [-0.39, 0.29) is 17.6 Å². The number of carbonyl (C=O) groups excluding carboxylic acids is 2. The number of thiazole rings is 1. The van der Waals surface area contributed by atoms with Crippen molar-refractivity contribution in [3.8, 4) is 0 Å². The number of morpholine rings is 1. The number of aromatic nitrogens is 1. The minimum absolute atomic E-state index is 0.0164. The maximum absolute atomic E-state index is 13.1. The van der Waals surface area contributed by atoms with E-state index in [1.54, 1.807) is 12.2 Å². The second kappa shape index (κ2) is 12.1. The van der Waals surface area contributed by atoms with E-state index in [4.69, 9.17) is 14.6 Å². The number of Topliss-reactive ketones (excluding diaryl/α,β-unsaturated/α-hetero) is 1. The van der Waals surface area contributed by atoms with Gasteiger partial charge in [-0.05, 0) is 31.1 Å². The Bertz CT molecular complexity index is 1000. The van der Waals surface area contributed by atoms with Crippen molar-refractivity contribution in [2.75, 3.05) is 57.9 Å². The standard InChI is InChI=1S/C24H30N4O5S/c29-10-2-1-3-20-22(21(30)17-5-11-32-12-6-17)34-24(26-20)27-23(31)18-4-7-25-19(15-18)16-28-8-13-33-14-9-28/h1-4,10,15,17,25,29H,5-9,11-14,16H2,(H,26,27,31)/b3-1+,10-2-. The summed E-state index contributed by atoms with van der Waals surface area (Å²) in [4.78, 5) is 33.4. The van der Waals surface area contributed by atoms with Gasteiger partial charge in [0.2, 0.25) is 0 Å². The number of aliphatic hydroxyl groups is 1. The van der Waals surface area contributed by atoms with E-state index >= 15 is 0 Å². The number of rotatable bonds is 8. The Labute approximate surface area is 202 Å². The van der Waals surface area contributed by atoms with Gasteiger partial charge in [0.15, 0.2) is 10.9 Å². The van der Waals surface area contributed by atoms with Crippen molar-refractivity contribution in [2.45, 2.75) is 12.8 Å². The van der Waals surface area contributed by atoms with Crippen LogP contribution in [0.3, 0.4) is 0 Å². The molecule has 0 atom stereocenters. The van der Waals surface area contributed by atoms with Crippen molar-refractivity contribution in [1.82, 2.24) is 15.2 Å². The van der Waals surface area contributed by atoms with E-state index in [1.807, 2.05) is 12.2 Å². The SMILES string of the molecule is O=C(Nc1nc(/C=C/C=C\O)c(C(=O)C2CCOCC2)s1)C1=CCNC(CN2CCOCC2)=C1. The number of anilines is 1. The first-order chi connectivity index (χ1) is 16.6. The summed E-state index contributed by atoms with van der Waals surface area (Å²) in [5.41, 5.74) is 2.04. The van der Waals surface area contributed by atoms with E-state index in [2.05, 4.69) is 20.5 Å². The highest BCUT2D eigenvalue weighted by Crippen LogP contribution is 2.30. The number of nitrogens with zero attached hydrogens (tertiary/aromatic N) is 2. The molecule has 0 saturated carbocycles. The summed E-state index contributed by atoms with van der Waals surface area (Å²) in [5.74, 6) is -0.357. The molecule has 0 bridgehead atoms. The first-order valence-corrected chi connectivity index (χ1v) is 12.3. The monoisotopic (exact) mass is 486 g/mol. The lowest BCUT2D eigenvalue weighted by Crippen LogP contribution is -2.40. The molecule has 3 aliphatic rings. The maximum atomic E-state index is 13.1. The van der Waals surface area contributed by atoms with Gasteiger partial charge < -0.3 is 19.9 Å². The summed E-state index contributed by atoms with van der Waals surface area (Å²) >= 11 is 1.18. The number of carbonyl (C=O) groups is 2. The van der Waals surface area contributed by atoms with Crippen LogP contribution in [0.4, 0.5) is 5.13 Å². The van der Waals surface area contributed by atoms with Gasteiger partial charge in [0.25, 0.3) is 5.91 Å². The van der Waals surface area contributed by atoms with Gasteiger partial charge in [-0.3, -0.25) is 19.8 Å². The molecule has 10 heteroatoms. The molecule has 1 aromatic rings. The van der Waals surface area contributed by atoms with E-state index in [9.17, 15) is 9.59 Å². The third kappa shape index (κ3) is 6.41. The van der Waals surface area contributed by atoms with Crippen LogP contribution in [0.15, 0.2) is 41.8 Å². The molecule has 0 aliphatic carbocycles. The van der Waals surface area contributed by atoms with Crippen molar-refractivity contribution in [1.29, 1.82) is 0 Å². The van der Waals surface area contributed by atoms with Gasteiger partial charge in [-0.15, -0.1) is 0 Å². The molecule has 2 fully saturated rings. The Morgan fingerprint density at radius 2 is 1.97 bits per heavy atom. The molecule has 0 aromatic carbocycles. The van der Waals surface area contributed by atoms with Crippen LogP contribution in [0.5, 0.6) is 0 Å². The quantitative estimate of drug-likeness (QED) is 0.292. The molecule has 1 aromatic heterocycles. The van der Waals surface area contributed by atoms with Crippen LogP contribution in [0, 0.1) is 5.92 Å². The molecular formula is C24H30N4O5S. The molecule has 4 rings (SSSR count). The first-order valence-electron chi connectivity index (χ1n) is 11.5. The fraction of sp³-hybridized carbons (Fsp3) is 0.458. The lowest BCUT2D eigenvalue weighted by molar-refractivity contribution is -0.112. The molecule has 4 heterocycles. The number of hydrogen-bond acceptors (Lipinski definition) is 9. The normalized spacial score (nSPS) is 20.2. The largest absolute Gasteiger partial charge is 0.516 e. The molecule has 182 valence electrons. The minimum atomic E-state index is -0.259. The second-order valence-corrected chi connectivity index (χ2v) is 9.24. The molecule has 0 spiro atoms. The highest BCUT2D eigenvalue weighted by molar-refractivity contribution is 7.18. The fourth-order valence-electron chi connectivity index (χ4n) is 4.04. The molecule has 0 unspecified atom stereocenters. The third-order valence-corrected chi connectivity index (χ3v) is 6.88. The first kappa shape index (κ1) is 24.3. The van der Waals surface area contributed by atoms with Gasteiger partial charge in [-0.2, -0.15) is 0 Å². The summed E-state index contributed by atoms with van der Waals surface area (Å²) in [6, 6.07) is 0. The van der Waals surface area contributed by atoms with Crippen molar-refractivity contribution >= 4 is 34.2 Å². The van der Waals surface area contributed by atoms with Crippen molar-refractivity contribution in [3.63, 3.8) is 0 Å². The van der Waals surface area contributed by atoms with Crippen LogP contribution in [-0.2, 0) is 14.3 Å². The molecule has 34 heavy (non-hydrogen) atoms. The van der Waals surface area contributed by atoms with E-state index in [1.165, 1.54) is 17.4 Å². The Kier molecular flexibility index (Phi) is 8.64. The number of amides is 1. The fourth-order valence-corrected chi connectivity index (χ4v) is 5.00. The Morgan fingerprint density at radius 3 is 2.74 bits per heavy atom. The van der Waals surface area contributed by atoms with Gasteiger partial charge in [0.05, 0.1) is 30.0 Å². The number of allylic oxidation sites excluding steroid dienone is 2. The van der Waals surface area contributed by atoms with Gasteiger partial charge in [-0.25, -0.2) is 4.98 Å². The maximum Gasteiger partial charge on any atom is 0.257 e. The lowest BCUT2D eigenvalue weighted by Gasteiger charge is -2.28. The van der Waals surface area contributed by atoms with Crippen molar-refractivity contribution in [3.05, 3.63) is 52.4 Å². The van der Waals surface area contributed by atoms with E-state index < -0.39 is 0 Å². The smallest absolute Gasteiger partial charge is 0.257 e. The summed E-state index contributed by atoms with van der Waals surface area (Å²) < 4.78 is 10.8. The van der Waals surface area contributed by atoms with E-state index in [0.29, 0.717) is 53.9 Å². The molecule has 2 saturated heterocycles. The lowest BCUT2D eigenvalue weighted by atomic mass is 9.94. The topological polar surface area (TPSA) is 113 Å². The van der Waals surface area contributed by atoms with Crippen LogP contribution < -0.4 is 10.6 Å². The summed E-state index contributed by atoms with van der Waals surface area (Å²) in [7, 11) is 0. The van der Waals surface area contributed by atoms with E-state index in [0.717, 1.165) is 44.8 Å². The third-order valence-electron chi connectivity index (χ3n) is 5.88. The van der Waals surface area contributed by atoms with Crippen molar-refractivity contribution in [2.24, 2.45) is 5.92 Å². The van der Waals surface area contributed by atoms with Crippen LogP contribution in [0.25, 0.3) is 6.08 Å². The zero-order chi connectivity index (χ0) is 23.8. The number of dihydropyridines is 1. The van der Waals surface area contributed by atoms with Crippen LogP contribution in [0.1, 0.15) is 28.2 Å². The summed E-state index contributed by atoms with van der Waals surface area (Å²) in [5, 5.41) is 15.5. The number of ketones is 1. The zero-order valence-electron chi connectivity index (χ0n) is 19.0. The van der Waals surface area contributed by atoms with Gasteiger partial charge in [-0.1, -0.05) is 23.5 Å². The molecule has 3 N–H and O–H groups in total. The minimum Gasteiger partial charge on any atom is -0.516 e. The molecule has 1 amide bonds. The molecule has 9 nitrogen and oxygen atoms in total. The average molecular weight is 487 g/mol. The van der Waals surface area contributed by atoms with Gasteiger partial charge in [0.1, 0.15) is 0 Å². The molecular weight excluding hydrogens is 456 g/mol. The second-order valence-electron chi connectivity index (χ2n) is 8.24. The Hall–Kier alpha value is -2.79. The number of hydrogen-bond donors (Lipinski definition) is 3. The number of nitrogens with one attached hydrogen (secondary N) is 2. The predicted octanol–water partition coefficient (Wildman–Crippen LogP) is 2.52. The van der Waals surface area contributed by atoms with Gasteiger partial charge >= 0.3 is 0 Å².